The summed E-state index contributed by atoms with van der Waals surface area (Å²) in [5.41, 5.74) is 0.684. The Hall–Kier alpha value is -3.15. The van der Waals surface area contributed by atoms with Crippen molar-refractivity contribution in [3.63, 3.8) is 0 Å². The van der Waals surface area contributed by atoms with Crippen molar-refractivity contribution < 1.29 is 23.8 Å². The van der Waals surface area contributed by atoms with Gasteiger partial charge in [-0.2, -0.15) is 0 Å². The lowest BCUT2D eigenvalue weighted by Crippen LogP contribution is -2.09. The van der Waals surface area contributed by atoms with Crippen LogP contribution >= 0.6 is 0 Å². The quantitative estimate of drug-likeness (QED) is 0.517. The van der Waals surface area contributed by atoms with E-state index >= 15 is 0 Å². The monoisotopic (exact) mass is 315 g/mol. The van der Waals surface area contributed by atoms with E-state index in [-0.39, 0.29) is 22.8 Å². The zero-order valence-electron chi connectivity index (χ0n) is 12.2. The number of benzene rings is 2. The van der Waals surface area contributed by atoms with Gasteiger partial charge >= 0.3 is 5.97 Å². The molecule has 0 aliphatic heterocycles. The maximum Gasteiger partial charge on any atom is 0.341 e. The van der Waals surface area contributed by atoms with E-state index in [4.69, 9.17) is 0 Å². The Bertz CT molecular complexity index is 754. The molecule has 0 unspecified atom stereocenters. The number of ether oxygens (including phenoxy) is 1. The lowest BCUT2D eigenvalue weighted by Gasteiger charge is -2.08. The first kappa shape index (κ1) is 16.2. The predicted molar refractivity (Wildman–Crippen MR) is 83.5 cm³/mol. The Balaban J connectivity index is 2.11. The van der Waals surface area contributed by atoms with Crippen LogP contribution in [0.15, 0.2) is 48.5 Å². The number of phenols is 1. The second-order valence-electron chi connectivity index (χ2n) is 4.57. The minimum Gasteiger partial charge on any atom is -0.505 e. The molecule has 0 saturated heterocycles. The smallest absolute Gasteiger partial charge is 0.341 e. The van der Waals surface area contributed by atoms with E-state index in [1.54, 1.807) is 0 Å². The number of hydrogen-bond donors (Lipinski definition) is 2. The highest BCUT2D eigenvalue weighted by molar-refractivity contribution is 6.04. The minimum absolute atomic E-state index is 0.0483. The van der Waals surface area contributed by atoms with Gasteiger partial charge in [-0.15, -0.1) is 0 Å². The molecule has 2 rings (SSSR count). The maximum absolute atomic E-state index is 12.8. The SMILES string of the molecule is COC(=O)c1cccc(NC(=O)/C=C/c2ccc(F)cc2)c1O. The Morgan fingerprint density at radius 3 is 2.52 bits per heavy atom. The molecule has 0 bridgehead atoms. The van der Waals surface area contributed by atoms with Crippen molar-refractivity contribution in [1.82, 2.24) is 0 Å². The van der Waals surface area contributed by atoms with Crippen molar-refractivity contribution in [2.45, 2.75) is 0 Å². The van der Waals surface area contributed by atoms with Gasteiger partial charge in [0.1, 0.15) is 11.4 Å². The second-order valence-corrected chi connectivity index (χ2v) is 4.57. The topological polar surface area (TPSA) is 75.6 Å². The Labute approximate surface area is 132 Å². The number of esters is 1. The zero-order valence-corrected chi connectivity index (χ0v) is 12.2. The highest BCUT2D eigenvalue weighted by Gasteiger charge is 2.15. The first-order valence-corrected chi connectivity index (χ1v) is 6.66. The average molecular weight is 315 g/mol. The summed E-state index contributed by atoms with van der Waals surface area (Å²) in [5.74, 6) is -1.95. The Morgan fingerprint density at radius 2 is 1.87 bits per heavy atom. The van der Waals surface area contributed by atoms with Crippen molar-refractivity contribution >= 4 is 23.6 Å². The molecule has 118 valence electrons. The number of rotatable bonds is 4. The van der Waals surface area contributed by atoms with Crippen LogP contribution in [0, 0.1) is 5.82 Å². The molecule has 0 saturated carbocycles. The van der Waals surface area contributed by atoms with Crippen LogP contribution in [0.3, 0.4) is 0 Å². The number of carbonyl (C=O) groups excluding carboxylic acids is 2. The van der Waals surface area contributed by atoms with Crippen LogP contribution in [0.1, 0.15) is 15.9 Å². The van der Waals surface area contributed by atoms with Crippen LogP contribution in [0.2, 0.25) is 0 Å². The normalized spacial score (nSPS) is 10.5. The third-order valence-corrected chi connectivity index (χ3v) is 3.00. The number of methoxy groups -OCH3 is 1. The summed E-state index contributed by atoms with van der Waals surface area (Å²) in [4.78, 5) is 23.3. The highest BCUT2D eigenvalue weighted by atomic mass is 19.1. The molecule has 0 atom stereocenters. The molecule has 0 heterocycles. The van der Waals surface area contributed by atoms with Gasteiger partial charge < -0.3 is 15.2 Å². The van der Waals surface area contributed by atoms with E-state index in [0.717, 1.165) is 0 Å². The molecule has 1 amide bonds. The fraction of sp³-hybridized carbons (Fsp3) is 0.0588. The van der Waals surface area contributed by atoms with Crippen LogP contribution in [0.25, 0.3) is 6.08 Å². The molecule has 2 aromatic rings. The molecule has 2 aromatic carbocycles. The molecular formula is C17H14FNO4. The fourth-order valence-corrected chi connectivity index (χ4v) is 1.84. The number of hydrogen-bond acceptors (Lipinski definition) is 4. The molecule has 2 N–H and O–H groups in total. The number of anilines is 1. The van der Waals surface area contributed by atoms with Gasteiger partial charge in [0.15, 0.2) is 5.75 Å². The van der Waals surface area contributed by atoms with E-state index in [9.17, 15) is 19.1 Å². The lowest BCUT2D eigenvalue weighted by atomic mass is 10.1. The third kappa shape index (κ3) is 4.16. The molecule has 0 spiro atoms. The maximum atomic E-state index is 12.8. The second kappa shape index (κ2) is 7.22. The minimum atomic E-state index is -0.708. The van der Waals surface area contributed by atoms with Crippen LogP contribution in [-0.2, 0) is 9.53 Å². The van der Waals surface area contributed by atoms with E-state index in [1.807, 2.05) is 0 Å². The summed E-state index contributed by atoms with van der Waals surface area (Å²) in [6.07, 6.45) is 2.73. The van der Waals surface area contributed by atoms with E-state index in [2.05, 4.69) is 10.1 Å². The molecule has 0 aliphatic rings. The average Bonchev–Trinajstić information content (AvgIpc) is 2.55. The van der Waals surface area contributed by atoms with Gasteiger partial charge in [-0.25, -0.2) is 9.18 Å². The van der Waals surface area contributed by atoms with Crippen molar-refractivity contribution in [3.8, 4) is 5.75 Å². The predicted octanol–water partition coefficient (Wildman–Crippen LogP) is 2.97. The molecule has 0 aromatic heterocycles. The van der Waals surface area contributed by atoms with Gasteiger partial charge in [-0.1, -0.05) is 18.2 Å². The largest absolute Gasteiger partial charge is 0.505 e. The van der Waals surface area contributed by atoms with E-state index in [0.29, 0.717) is 5.56 Å². The van der Waals surface area contributed by atoms with Crippen molar-refractivity contribution in [2.24, 2.45) is 0 Å². The van der Waals surface area contributed by atoms with E-state index < -0.39 is 11.9 Å². The summed E-state index contributed by atoms with van der Waals surface area (Å²) in [7, 11) is 1.19. The van der Waals surface area contributed by atoms with Crippen molar-refractivity contribution in [2.75, 3.05) is 12.4 Å². The number of carbonyl (C=O) groups is 2. The number of para-hydroxylation sites is 1. The zero-order chi connectivity index (χ0) is 16.8. The number of phenolic OH excluding ortho intramolecular Hbond substituents is 1. The summed E-state index contributed by atoms with van der Waals surface area (Å²) in [6, 6.07) is 9.94. The molecule has 23 heavy (non-hydrogen) atoms. The number of amides is 1. The van der Waals surface area contributed by atoms with Crippen LogP contribution in [-0.4, -0.2) is 24.1 Å². The van der Waals surface area contributed by atoms with Crippen molar-refractivity contribution in [1.29, 1.82) is 0 Å². The standard InChI is InChI=1S/C17H14FNO4/c1-23-17(22)13-3-2-4-14(16(13)21)19-15(20)10-7-11-5-8-12(18)9-6-11/h2-10,21H,1H3,(H,19,20)/b10-7+. The van der Waals surface area contributed by atoms with Crippen LogP contribution in [0.4, 0.5) is 10.1 Å². The third-order valence-electron chi connectivity index (χ3n) is 3.00. The molecule has 6 heteroatoms. The molecule has 0 radical (unpaired) electrons. The Morgan fingerprint density at radius 1 is 1.17 bits per heavy atom. The molecule has 0 aliphatic carbocycles. The van der Waals surface area contributed by atoms with Gasteiger partial charge in [0, 0.05) is 6.08 Å². The Kier molecular flexibility index (Phi) is 5.09. The van der Waals surface area contributed by atoms with Gasteiger partial charge in [-0.05, 0) is 35.9 Å². The summed E-state index contributed by atoms with van der Waals surface area (Å²) >= 11 is 0. The van der Waals surface area contributed by atoms with Gasteiger partial charge in [0.2, 0.25) is 5.91 Å². The summed E-state index contributed by atoms with van der Waals surface area (Å²) in [5, 5.41) is 12.4. The number of nitrogens with one attached hydrogen (secondary N) is 1. The van der Waals surface area contributed by atoms with Crippen LogP contribution < -0.4 is 5.32 Å². The summed E-state index contributed by atoms with van der Waals surface area (Å²) in [6.45, 7) is 0. The van der Waals surface area contributed by atoms with Gasteiger partial charge in [-0.3, -0.25) is 4.79 Å². The molecule has 0 fully saturated rings. The van der Waals surface area contributed by atoms with Gasteiger partial charge in [0.05, 0.1) is 12.8 Å². The van der Waals surface area contributed by atoms with Gasteiger partial charge in [0.25, 0.3) is 0 Å². The first-order chi connectivity index (χ1) is 11.0. The highest BCUT2D eigenvalue weighted by Crippen LogP contribution is 2.27. The lowest BCUT2D eigenvalue weighted by molar-refractivity contribution is -0.111. The fourth-order valence-electron chi connectivity index (χ4n) is 1.84. The molecular weight excluding hydrogens is 301 g/mol. The number of aromatic hydroxyl groups is 1. The summed E-state index contributed by atoms with van der Waals surface area (Å²) < 4.78 is 17.3. The van der Waals surface area contributed by atoms with Crippen molar-refractivity contribution in [3.05, 3.63) is 65.5 Å². The van der Waals surface area contributed by atoms with E-state index in [1.165, 1.54) is 61.7 Å². The first-order valence-electron chi connectivity index (χ1n) is 6.66. The van der Waals surface area contributed by atoms with Crippen LogP contribution in [0.5, 0.6) is 5.75 Å². The number of halogens is 1. The molecule has 5 nitrogen and oxygen atoms in total.